The summed E-state index contributed by atoms with van der Waals surface area (Å²) in [6.45, 7) is 0.762. The van der Waals surface area contributed by atoms with E-state index in [0.717, 1.165) is 12.3 Å². The first-order chi connectivity index (χ1) is 9.83. The predicted molar refractivity (Wildman–Crippen MR) is 78.0 cm³/mol. The number of para-hydroxylation sites is 2. The standard InChI is InChI=1S/C17H17NO2/c19-17(18-12-13-10-11-13)15-8-4-5-9-16(15)20-14-6-2-1-3-7-14/h1-9,13H,10-12H2,(H,18,19). The maximum atomic E-state index is 12.2. The monoisotopic (exact) mass is 267 g/mol. The second kappa shape index (κ2) is 5.78. The Morgan fingerprint density at radius 1 is 1.05 bits per heavy atom. The summed E-state index contributed by atoms with van der Waals surface area (Å²) < 4.78 is 5.79. The third-order valence-electron chi connectivity index (χ3n) is 3.35. The van der Waals surface area contributed by atoms with Crippen molar-refractivity contribution in [1.82, 2.24) is 5.32 Å². The van der Waals surface area contributed by atoms with E-state index in [1.807, 2.05) is 48.5 Å². The van der Waals surface area contributed by atoms with Crippen molar-refractivity contribution in [3.05, 3.63) is 60.2 Å². The van der Waals surface area contributed by atoms with E-state index in [1.165, 1.54) is 12.8 Å². The fourth-order valence-electron chi connectivity index (χ4n) is 2.01. The number of nitrogens with one attached hydrogen (secondary N) is 1. The lowest BCUT2D eigenvalue weighted by Gasteiger charge is -2.11. The first-order valence-corrected chi connectivity index (χ1v) is 6.93. The fourth-order valence-corrected chi connectivity index (χ4v) is 2.01. The molecule has 0 aliphatic heterocycles. The first kappa shape index (κ1) is 12.7. The number of hydrogen-bond donors (Lipinski definition) is 1. The highest BCUT2D eigenvalue weighted by atomic mass is 16.5. The average molecular weight is 267 g/mol. The van der Waals surface area contributed by atoms with Crippen molar-refractivity contribution < 1.29 is 9.53 Å². The van der Waals surface area contributed by atoms with E-state index in [-0.39, 0.29) is 5.91 Å². The maximum absolute atomic E-state index is 12.2. The van der Waals surface area contributed by atoms with E-state index in [0.29, 0.717) is 17.2 Å². The minimum Gasteiger partial charge on any atom is -0.457 e. The Morgan fingerprint density at radius 2 is 1.75 bits per heavy atom. The largest absolute Gasteiger partial charge is 0.457 e. The second-order valence-electron chi connectivity index (χ2n) is 5.06. The molecule has 1 aliphatic rings. The normalized spacial score (nSPS) is 13.8. The van der Waals surface area contributed by atoms with Gasteiger partial charge in [-0.05, 0) is 43.0 Å². The lowest BCUT2D eigenvalue weighted by molar-refractivity contribution is 0.0949. The van der Waals surface area contributed by atoms with Crippen molar-refractivity contribution in [3.63, 3.8) is 0 Å². The molecule has 1 saturated carbocycles. The van der Waals surface area contributed by atoms with Crippen molar-refractivity contribution >= 4 is 5.91 Å². The molecule has 0 saturated heterocycles. The molecule has 0 atom stereocenters. The number of ether oxygens (including phenoxy) is 1. The highest BCUT2D eigenvalue weighted by Gasteiger charge is 2.22. The number of amides is 1. The van der Waals surface area contributed by atoms with Crippen LogP contribution in [-0.2, 0) is 0 Å². The van der Waals surface area contributed by atoms with Crippen LogP contribution in [0.2, 0.25) is 0 Å². The zero-order chi connectivity index (χ0) is 13.8. The number of benzene rings is 2. The summed E-state index contributed by atoms with van der Waals surface area (Å²) in [5.41, 5.74) is 0.581. The highest BCUT2D eigenvalue weighted by Crippen LogP contribution is 2.28. The molecule has 0 radical (unpaired) electrons. The molecule has 0 bridgehead atoms. The summed E-state index contributed by atoms with van der Waals surface area (Å²) in [5.74, 6) is 1.92. The van der Waals surface area contributed by atoms with Crippen LogP contribution in [0.25, 0.3) is 0 Å². The Morgan fingerprint density at radius 3 is 2.50 bits per heavy atom. The molecule has 20 heavy (non-hydrogen) atoms. The highest BCUT2D eigenvalue weighted by molar-refractivity contribution is 5.97. The zero-order valence-electron chi connectivity index (χ0n) is 11.2. The van der Waals surface area contributed by atoms with E-state index >= 15 is 0 Å². The van der Waals surface area contributed by atoms with Gasteiger partial charge < -0.3 is 10.1 Å². The van der Waals surface area contributed by atoms with E-state index in [2.05, 4.69) is 5.32 Å². The molecule has 2 aromatic carbocycles. The molecule has 2 aromatic rings. The molecule has 0 unspecified atom stereocenters. The maximum Gasteiger partial charge on any atom is 0.255 e. The van der Waals surface area contributed by atoms with Crippen LogP contribution in [0.5, 0.6) is 11.5 Å². The molecule has 0 spiro atoms. The van der Waals surface area contributed by atoms with Gasteiger partial charge in [0.1, 0.15) is 11.5 Å². The summed E-state index contributed by atoms with van der Waals surface area (Å²) in [6, 6.07) is 16.8. The molecule has 1 aliphatic carbocycles. The lowest BCUT2D eigenvalue weighted by Crippen LogP contribution is -2.25. The van der Waals surface area contributed by atoms with Gasteiger partial charge in [-0.1, -0.05) is 30.3 Å². The Hall–Kier alpha value is -2.29. The van der Waals surface area contributed by atoms with E-state index in [4.69, 9.17) is 4.74 Å². The third kappa shape index (κ3) is 3.18. The Balaban J connectivity index is 1.74. The fraction of sp³-hybridized carbons (Fsp3) is 0.235. The molecule has 0 aromatic heterocycles. The van der Waals surface area contributed by atoms with Gasteiger partial charge in [-0.3, -0.25) is 4.79 Å². The molecule has 0 heterocycles. The SMILES string of the molecule is O=C(NCC1CC1)c1ccccc1Oc1ccccc1. The van der Waals surface area contributed by atoms with Crippen LogP contribution in [0, 0.1) is 5.92 Å². The van der Waals surface area contributed by atoms with Crippen molar-refractivity contribution in [1.29, 1.82) is 0 Å². The molecule has 3 nitrogen and oxygen atoms in total. The van der Waals surface area contributed by atoms with Crippen LogP contribution in [0.15, 0.2) is 54.6 Å². The minimum absolute atomic E-state index is 0.0663. The third-order valence-corrected chi connectivity index (χ3v) is 3.35. The first-order valence-electron chi connectivity index (χ1n) is 6.93. The van der Waals surface area contributed by atoms with Crippen molar-refractivity contribution in [2.45, 2.75) is 12.8 Å². The smallest absolute Gasteiger partial charge is 0.255 e. The molecular weight excluding hydrogens is 250 g/mol. The summed E-state index contributed by atoms with van der Waals surface area (Å²) in [7, 11) is 0. The average Bonchev–Trinajstić information content (AvgIpc) is 3.31. The predicted octanol–water partition coefficient (Wildman–Crippen LogP) is 3.62. The van der Waals surface area contributed by atoms with Crippen molar-refractivity contribution in [2.24, 2.45) is 5.92 Å². The van der Waals surface area contributed by atoms with Crippen molar-refractivity contribution in [3.8, 4) is 11.5 Å². The summed E-state index contributed by atoms with van der Waals surface area (Å²) in [4.78, 5) is 12.2. The van der Waals surface area contributed by atoms with Crippen LogP contribution < -0.4 is 10.1 Å². The van der Waals surface area contributed by atoms with Crippen LogP contribution in [-0.4, -0.2) is 12.5 Å². The number of carbonyl (C=O) groups excluding carboxylic acids is 1. The van der Waals surface area contributed by atoms with E-state index < -0.39 is 0 Å². The van der Waals surface area contributed by atoms with Crippen LogP contribution in [0.3, 0.4) is 0 Å². The second-order valence-corrected chi connectivity index (χ2v) is 5.06. The molecule has 1 fully saturated rings. The van der Waals surface area contributed by atoms with Gasteiger partial charge in [-0.15, -0.1) is 0 Å². The molecule has 102 valence electrons. The Labute approximate surface area is 118 Å². The van der Waals surface area contributed by atoms with E-state index in [1.54, 1.807) is 6.07 Å². The number of hydrogen-bond acceptors (Lipinski definition) is 2. The van der Waals surface area contributed by atoms with Gasteiger partial charge in [0, 0.05) is 6.54 Å². The van der Waals surface area contributed by atoms with Crippen LogP contribution in [0.4, 0.5) is 0 Å². The topological polar surface area (TPSA) is 38.3 Å². The molecule has 3 rings (SSSR count). The van der Waals surface area contributed by atoms with Gasteiger partial charge >= 0.3 is 0 Å². The van der Waals surface area contributed by atoms with Gasteiger partial charge in [0.15, 0.2) is 0 Å². The van der Waals surface area contributed by atoms with Crippen LogP contribution in [0.1, 0.15) is 23.2 Å². The summed E-state index contributed by atoms with van der Waals surface area (Å²) >= 11 is 0. The molecule has 3 heteroatoms. The molecule has 1 N–H and O–H groups in total. The van der Waals surface area contributed by atoms with Gasteiger partial charge in [-0.2, -0.15) is 0 Å². The number of rotatable bonds is 5. The van der Waals surface area contributed by atoms with Gasteiger partial charge in [0.2, 0.25) is 0 Å². The zero-order valence-corrected chi connectivity index (χ0v) is 11.2. The van der Waals surface area contributed by atoms with Crippen LogP contribution >= 0.6 is 0 Å². The van der Waals surface area contributed by atoms with Gasteiger partial charge in [0.25, 0.3) is 5.91 Å². The van der Waals surface area contributed by atoms with Gasteiger partial charge in [0.05, 0.1) is 5.56 Å². The lowest BCUT2D eigenvalue weighted by atomic mass is 10.2. The number of carbonyl (C=O) groups is 1. The summed E-state index contributed by atoms with van der Waals surface area (Å²) in [6.07, 6.45) is 2.45. The Kier molecular flexibility index (Phi) is 3.68. The summed E-state index contributed by atoms with van der Waals surface area (Å²) in [5, 5.41) is 2.97. The quantitative estimate of drug-likeness (QED) is 0.898. The minimum atomic E-state index is -0.0663. The Bertz CT molecular complexity index is 591. The van der Waals surface area contributed by atoms with E-state index in [9.17, 15) is 4.79 Å². The molecular formula is C17H17NO2. The van der Waals surface area contributed by atoms with Gasteiger partial charge in [-0.25, -0.2) is 0 Å². The molecule has 1 amide bonds. The van der Waals surface area contributed by atoms with Crippen molar-refractivity contribution in [2.75, 3.05) is 6.54 Å².